The summed E-state index contributed by atoms with van der Waals surface area (Å²) in [7, 11) is 0. The van der Waals surface area contributed by atoms with E-state index in [0.29, 0.717) is 0 Å². The van der Waals surface area contributed by atoms with Gasteiger partial charge in [0, 0.05) is 36.8 Å². The molecule has 7 nitrogen and oxygen atoms in total. The molecule has 0 aromatic heterocycles. The Bertz CT molecular complexity index is 1050. The number of hydrogen-bond acceptors (Lipinski definition) is 7. The van der Waals surface area contributed by atoms with Crippen molar-refractivity contribution < 1.29 is 42.2 Å². The zero-order valence-electron chi connectivity index (χ0n) is 16.4. The molecule has 9 heteroatoms. The third kappa shape index (κ3) is 2.43. The van der Waals surface area contributed by atoms with E-state index in [0.717, 1.165) is 26.0 Å². The van der Waals surface area contributed by atoms with E-state index in [2.05, 4.69) is 4.74 Å². The number of ether oxygens (including phenoxy) is 3. The van der Waals surface area contributed by atoms with Gasteiger partial charge in [0.25, 0.3) is 0 Å². The number of allylic oxidation sites excluding steroid dienone is 4. The summed E-state index contributed by atoms with van der Waals surface area (Å²) in [6.07, 6.45) is 4.69. The highest BCUT2D eigenvalue weighted by atomic mass is 19.1. The second-order valence-corrected chi connectivity index (χ2v) is 8.10. The van der Waals surface area contributed by atoms with E-state index < -0.39 is 58.9 Å². The Labute approximate surface area is 174 Å². The van der Waals surface area contributed by atoms with E-state index in [-0.39, 0.29) is 22.6 Å². The van der Waals surface area contributed by atoms with Gasteiger partial charge in [-0.25, -0.2) is 8.78 Å². The Morgan fingerprint density at radius 3 is 1.58 bits per heavy atom. The SMILES string of the molecule is CC(=O)Oc1ccc(OC(C)=O)c2c1C1C=CC2C2(F)C=CC1(F)C1C(=O)OC(=O)C12. The minimum absolute atomic E-state index is 0.0476. The molecule has 1 aromatic rings. The molecule has 1 aromatic carbocycles. The molecule has 1 aliphatic heterocycles. The van der Waals surface area contributed by atoms with Crippen LogP contribution < -0.4 is 9.47 Å². The molecule has 160 valence electrons. The molecule has 1 saturated heterocycles. The van der Waals surface area contributed by atoms with Gasteiger partial charge in [0.1, 0.15) is 23.3 Å². The Morgan fingerprint density at radius 1 is 0.839 bits per heavy atom. The number of carbonyl (C=O) groups excluding carboxylic acids is 4. The number of benzene rings is 1. The smallest absolute Gasteiger partial charge is 0.321 e. The molecule has 3 aliphatic carbocycles. The number of hydrogen-bond donors (Lipinski definition) is 0. The predicted molar refractivity (Wildman–Crippen MR) is 98.6 cm³/mol. The van der Waals surface area contributed by atoms with E-state index in [1.54, 1.807) is 0 Å². The number of carbonyl (C=O) groups is 4. The van der Waals surface area contributed by atoms with Crippen molar-refractivity contribution in [2.24, 2.45) is 11.8 Å². The highest BCUT2D eigenvalue weighted by Crippen LogP contribution is 2.65. The average Bonchev–Trinajstić information content (AvgIpc) is 3.00. The third-order valence-corrected chi connectivity index (χ3v) is 6.38. The summed E-state index contributed by atoms with van der Waals surface area (Å²) < 4.78 is 48.4. The van der Waals surface area contributed by atoms with E-state index in [1.807, 2.05) is 0 Å². The zero-order chi connectivity index (χ0) is 22.3. The molecule has 0 saturated carbocycles. The van der Waals surface area contributed by atoms with Crippen LogP contribution in [0, 0.1) is 11.8 Å². The largest absolute Gasteiger partial charge is 0.426 e. The minimum Gasteiger partial charge on any atom is -0.426 e. The van der Waals surface area contributed by atoms with Gasteiger partial charge >= 0.3 is 23.9 Å². The Balaban J connectivity index is 1.85. The van der Waals surface area contributed by atoms with Gasteiger partial charge < -0.3 is 14.2 Å². The fourth-order valence-electron chi connectivity index (χ4n) is 5.31. The van der Waals surface area contributed by atoms with Crippen molar-refractivity contribution >= 4 is 23.9 Å². The normalized spacial score (nSPS) is 36.4. The number of esters is 4. The molecule has 0 amide bonds. The van der Waals surface area contributed by atoms with Crippen molar-refractivity contribution in [3.05, 3.63) is 47.6 Å². The second-order valence-electron chi connectivity index (χ2n) is 8.10. The first-order valence-electron chi connectivity index (χ1n) is 9.63. The number of alkyl halides is 2. The van der Waals surface area contributed by atoms with Crippen LogP contribution >= 0.6 is 0 Å². The topological polar surface area (TPSA) is 96.0 Å². The third-order valence-electron chi connectivity index (χ3n) is 6.38. The van der Waals surface area contributed by atoms with Crippen LogP contribution in [0.25, 0.3) is 0 Å². The fourth-order valence-corrected chi connectivity index (χ4v) is 5.31. The first-order chi connectivity index (χ1) is 14.6. The number of rotatable bonds is 2. The van der Waals surface area contributed by atoms with Gasteiger partial charge in [0.2, 0.25) is 0 Å². The van der Waals surface area contributed by atoms with Crippen LogP contribution in [0.4, 0.5) is 8.78 Å². The van der Waals surface area contributed by atoms with Crippen LogP contribution in [0.1, 0.15) is 36.8 Å². The molecule has 0 radical (unpaired) electrons. The number of halogens is 2. The van der Waals surface area contributed by atoms with Crippen molar-refractivity contribution in [1.82, 2.24) is 0 Å². The van der Waals surface area contributed by atoms with Crippen molar-refractivity contribution in [3.8, 4) is 11.5 Å². The maximum Gasteiger partial charge on any atom is 0.321 e. The Kier molecular flexibility index (Phi) is 3.85. The molecule has 6 atom stereocenters. The maximum absolute atomic E-state index is 16.6. The van der Waals surface area contributed by atoms with Crippen LogP contribution in [-0.4, -0.2) is 35.2 Å². The first-order valence-corrected chi connectivity index (χ1v) is 9.63. The van der Waals surface area contributed by atoms with Gasteiger partial charge in [-0.05, 0) is 24.3 Å². The van der Waals surface area contributed by atoms with E-state index in [1.165, 1.54) is 24.3 Å². The Morgan fingerprint density at radius 2 is 1.23 bits per heavy atom. The van der Waals surface area contributed by atoms with Crippen molar-refractivity contribution in [3.63, 3.8) is 0 Å². The summed E-state index contributed by atoms with van der Waals surface area (Å²) in [6.45, 7) is 2.31. The molecule has 31 heavy (non-hydrogen) atoms. The molecule has 5 rings (SSSR count). The molecule has 0 spiro atoms. The number of fused-ring (bicyclic) bond motifs is 2. The highest BCUT2D eigenvalue weighted by Gasteiger charge is 2.71. The highest BCUT2D eigenvalue weighted by molar-refractivity contribution is 5.99. The van der Waals surface area contributed by atoms with E-state index in [9.17, 15) is 19.2 Å². The van der Waals surface area contributed by atoms with Crippen LogP contribution in [0.2, 0.25) is 0 Å². The van der Waals surface area contributed by atoms with Gasteiger partial charge in [-0.3, -0.25) is 19.2 Å². The van der Waals surface area contributed by atoms with Crippen molar-refractivity contribution in [2.75, 3.05) is 0 Å². The summed E-state index contributed by atoms with van der Waals surface area (Å²) in [5.74, 6) is -9.63. The van der Waals surface area contributed by atoms with Gasteiger partial charge in [-0.15, -0.1) is 0 Å². The molecule has 0 N–H and O–H groups in total. The second kappa shape index (κ2) is 6.09. The minimum atomic E-state index is -2.54. The average molecular weight is 430 g/mol. The Hall–Kier alpha value is -3.36. The molecule has 1 fully saturated rings. The van der Waals surface area contributed by atoms with Gasteiger partial charge in [0.15, 0.2) is 11.3 Å². The lowest BCUT2D eigenvalue weighted by Gasteiger charge is -2.50. The fraction of sp³-hybridized carbons (Fsp3) is 0.364. The van der Waals surface area contributed by atoms with Crippen molar-refractivity contribution in [1.29, 1.82) is 0 Å². The molecule has 4 bridgehead atoms. The summed E-state index contributed by atoms with van der Waals surface area (Å²) >= 11 is 0. The first kappa shape index (κ1) is 19.6. The summed E-state index contributed by atoms with van der Waals surface area (Å²) in [6, 6.07) is 2.65. The van der Waals surface area contributed by atoms with Gasteiger partial charge in [-0.2, -0.15) is 0 Å². The summed E-state index contributed by atoms with van der Waals surface area (Å²) in [4.78, 5) is 48.2. The van der Waals surface area contributed by atoms with Gasteiger partial charge in [-0.1, -0.05) is 12.2 Å². The standard InChI is InChI=1S/C22H16F2O7/c1-9(25)29-13-5-6-14(30-10(2)26)16-12-4-3-11(15(13)16)21(23)7-8-22(12,24)18-17(21)19(27)31-20(18)28/h3-8,11-12,17-18H,1-2H3. The summed E-state index contributed by atoms with van der Waals surface area (Å²) in [5.41, 5.74) is -4.91. The van der Waals surface area contributed by atoms with Crippen LogP contribution in [-0.2, 0) is 23.9 Å². The molecular formula is C22H16F2O7. The van der Waals surface area contributed by atoms with E-state index in [4.69, 9.17) is 9.47 Å². The molecule has 1 heterocycles. The number of cyclic esters (lactones) is 2. The van der Waals surface area contributed by atoms with Crippen LogP contribution in [0.15, 0.2) is 36.4 Å². The molecule has 6 unspecified atom stereocenters. The zero-order valence-corrected chi connectivity index (χ0v) is 16.4. The predicted octanol–water partition coefficient (Wildman–Crippen LogP) is 2.59. The van der Waals surface area contributed by atoms with Crippen LogP contribution in [0.5, 0.6) is 11.5 Å². The monoisotopic (exact) mass is 430 g/mol. The molecule has 4 aliphatic rings. The molecular weight excluding hydrogens is 414 g/mol. The van der Waals surface area contributed by atoms with E-state index >= 15 is 8.78 Å². The quantitative estimate of drug-likeness (QED) is 0.308. The lowest BCUT2D eigenvalue weighted by molar-refractivity contribution is -0.155. The maximum atomic E-state index is 16.6. The lowest BCUT2D eigenvalue weighted by Crippen LogP contribution is -2.58. The van der Waals surface area contributed by atoms with Crippen LogP contribution in [0.3, 0.4) is 0 Å². The lowest BCUT2D eigenvalue weighted by atomic mass is 9.53. The summed E-state index contributed by atoms with van der Waals surface area (Å²) in [5, 5.41) is 0. The van der Waals surface area contributed by atoms with Gasteiger partial charge in [0.05, 0.1) is 0 Å². The van der Waals surface area contributed by atoms with Crippen molar-refractivity contribution in [2.45, 2.75) is 37.0 Å².